The average molecular weight is 354 g/mol. The standard InChI is InChI=1S/C16H21BrFN3/c1-4-14-12(9-19-3)15(5-2)21(20-14)10-11-7-6-8-13(18)16(11)17/h6-8,19H,4-5,9-10H2,1-3H3. The largest absolute Gasteiger partial charge is 0.316 e. The highest BCUT2D eigenvalue weighted by molar-refractivity contribution is 9.10. The highest BCUT2D eigenvalue weighted by Crippen LogP contribution is 2.23. The van der Waals surface area contributed by atoms with Crippen LogP contribution in [0.4, 0.5) is 4.39 Å². The fourth-order valence-electron chi connectivity index (χ4n) is 2.61. The maximum atomic E-state index is 13.6. The van der Waals surface area contributed by atoms with E-state index in [0.29, 0.717) is 11.0 Å². The van der Waals surface area contributed by atoms with E-state index in [0.717, 1.165) is 30.6 Å². The first-order valence-electron chi connectivity index (χ1n) is 7.27. The zero-order valence-corrected chi connectivity index (χ0v) is 14.3. The summed E-state index contributed by atoms with van der Waals surface area (Å²) in [5.41, 5.74) is 4.52. The molecule has 2 rings (SSSR count). The molecule has 0 amide bonds. The van der Waals surface area contributed by atoms with Crippen LogP contribution in [0, 0.1) is 5.82 Å². The van der Waals surface area contributed by atoms with Gasteiger partial charge >= 0.3 is 0 Å². The van der Waals surface area contributed by atoms with Crippen LogP contribution in [0.25, 0.3) is 0 Å². The smallest absolute Gasteiger partial charge is 0.137 e. The molecule has 2 aromatic rings. The van der Waals surface area contributed by atoms with Gasteiger partial charge in [-0.05, 0) is 47.4 Å². The second kappa shape index (κ2) is 7.18. The Hall–Kier alpha value is -1.20. The van der Waals surface area contributed by atoms with Crippen molar-refractivity contribution in [2.45, 2.75) is 39.8 Å². The Morgan fingerprint density at radius 1 is 1.29 bits per heavy atom. The van der Waals surface area contributed by atoms with Gasteiger partial charge in [-0.2, -0.15) is 5.10 Å². The van der Waals surface area contributed by atoms with E-state index in [1.807, 2.05) is 17.8 Å². The van der Waals surface area contributed by atoms with Crippen molar-refractivity contribution in [3.63, 3.8) is 0 Å². The SMILES string of the molecule is CCc1nn(Cc2cccc(F)c2Br)c(CC)c1CNC. The van der Waals surface area contributed by atoms with Gasteiger partial charge in [0.15, 0.2) is 0 Å². The van der Waals surface area contributed by atoms with Crippen molar-refractivity contribution in [1.82, 2.24) is 15.1 Å². The summed E-state index contributed by atoms with van der Waals surface area (Å²) in [5, 5.41) is 7.93. The Morgan fingerprint density at radius 2 is 2.05 bits per heavy atom. The molecule has 3 nitrogen and oxygen atoms in total. The Kier molecular flexibility index (Phi) is 5.53. The molecule has 0 aliphatic rings. The molecule has 0 aliphatic carbocycles. The third-order valence-corrected chi connectivity index (χ3v) is 4.51. The van der Waals surface area contributed by atoms with Crippen LogP contribution in [0.1, 0.15) is 36.4 Å². The zero-order chi connectivity index (χ0) is 15.4. The molecule has 0 unspecified atom stereocenters. The number of nitrogens with zero attached hydrogens (tertiary/aromatic N) is 2. The topological polar surface area (TPSA) is 29.9 Å². The third-order valence-electron chi connectivity index (χ3n) is 3.62. The van der Waals surface area contributed by atoms with Gasteiger partial charge in [0.05, 0.1) is 16.7 Å². The highest BCUT2D eigenvalue weighted by atomic mass is 79.9. The second-order valence-corrected chi connectivity index (χ2v) is 5.77. The lowest BCUT2D eigenvalue weighted by molar-refractivity contribution is 0.603. The molecule has 0 saturated carbocycles. The van der Waals surface area contributed by atoms with Gasteiger partial charge in [0.2, 0.25) is 0 Å². The van der Waals surface area contributed by atoms with Crippen molar-refractivity contribution in [1.29, 1.82) is 0 Å². The van der Waals surface area contributed by atoms with E-state index >= 15 is 0 Å². The summed E-state index contributed by atoms with van der Waals surface area (Å²) >= 11 is 3.33. The van der Waals surface area contributed by atoms with E-state index in [9.17, 15) is 4.39 Å². The minimum Gasteiger partial charge on any atom is -0.316 e. The first-order chi connectivity index (χ1) is 10.1. The number of benzene rings is 1. The second-order valence-electron chi connectivity index (χ2n) is 4.98. The summed E-state index contributed by atoms with van der Waals surface area (Å²) < 4.78 is 16.2. The third kappa shape index (κ3) is 3.35. The van der Waals surface area contributed by atoms with Crippen molar-refractivity contribution in [2.75, 3.05) is 7.05 Å². The molecule has 1 aromatic heterocycles. The van der Waals surface area contributed by atoms with E-state index in [-0.39, 0.29) is 5.82 Å². The summed E-state index contributed by atoms with van der Waals surface area (Å²) in [6, 6.07) is 5.12. The molecular weight excluding hydrogens is 333 g/mol. The number of hydrogen-bond acceptors (Lipinski definition) is 2. The molecule has 21 heavy (non-hydrogen) atoms. The van der Waals surface area contributed by atoms with Crippen molar-refractivity contribution in [2.24, 2.45) is 0 Å². The van der Waals surface area contributed by atoms with Crippen molar-refractivity contribution < 1.29 is 4.39 Å². The number of hydrogen-bond donors (Lipinski definition) is 1. The lowest BCUT2D eigenvalue weighted by Gasteiger charge is -2.10. The maximum absolute atomic E-state index is 13.6. The summed E-state index contributed by atoms with van der Waals surface area (Å²) in [6.07, 6.45) is 1.82. The van der Waals surface area contributed by atoms with E-state index in [2.05, 4.69) is 35.1 Å². The van der Waals surface area contributed by atoms with Gasteiger partial charge in [0, 0.05) is 17.8 Å². The van der Waals surface area contributed by atoms with E-state index < -0.39 is 0 Å². The molecule has 0 spiro atoms. The summed E-state index contributed by atoms with van der Waals surface area (Å²) in [5.74, 6) is -0.233. The maximum Gasteiger partial charge on any atom is 0.137 e. The molecule has 5 heteroatoms. The highest BCUT2D eigenvalue weighted by Gasteiger charge is 2.16. The Labute approximate surface area is 133 Å². The molecule has 0 atom stereocenters. The first kappa shape index (κ1) is 16.2. The quantitative estimate of drug-likeness (QED) is 0.858. The van der Waals surface area contributed by atoms with Crippen molar-refractivity contribution >= 4 is 15.9 Å². The fraction of sp³-hybridized carbons (Fsp3) is 0.438. The van der Waals surface area contributed by atoms with Crippen LogP contribution >= 0.6 is 15.9 Å². The molecule has 0 bridgehead atoms. The number of aryl methyl sites for hydroxylation is 1. The Balaban J connectivity index is 2.42. The number of nitrogens with one attached hydrogen (secondary N) is 1. The monoisotopic (exact) mass is 353 g/mol. The number of halogens is 2. The summed E-state index contributed by atoms with van der Waals surface area (Å²) in [7, 11) is 1.94. The molecule has 114 valence electrons. The van der Waals surface area contributed by atoms with Gasteiger partial charge < -0.3 is 5.32 Å². The van der Waals surface area contributed by atoms with E-state index in [1.54, 1.807) is 6.07 Å². The van der Waals surface area contributed by atoms with Gasteiger partial charge in [0.1, 0.15) is 5.82 Å². The number of rotatable bonds is 6. The van der Waals surface area contributed by atoms with E-state index in [1.165, 1.54) is 17.3 Å². The molecular formula is C16H21BrFN3. The van der Waals surface area contributed by atoms with Crippen LogP contribution in [-0.4, -0.2) is 16.8 Å². The van der Waals surface area contributed by atoms with Gasteiger partial charge in [-0.25, -0.2) is 4.39 Å². The fourth-order valence-corrected chi connectivity index (χ4v) is 3.00. The van der Waals surface area contributed by atoms with Gasteiger partial charge in [-0.1, -0.05) is 26.0 Å². The summed E-state index contributed by atoms with van der Waals surface area (Å²) in [6.45, 7) is 5.64. The normalized spacial score (nSPS) is 11.1. The first-order valence-corrected chi connectivity index (χ1v) is 8.06. The lowest BCUT2D eigenvalue weighted by atomic mass is 10.1. The predicted octanol–water partition coefficient (Wildman–Crippen LogP) is 3.68. The molecule has 0 radical (unpaired) electrons. The van der Waals surface area contributed by atoms with Gasteiger partial charge in [-0.3, -0.25) is 4.68 Å². The molecule has 0 saturated heterocycles. The molecule has 0 aliphatic heterocycles. The van der Waals surface area contributed by atoms with Crippen LogP contribution in [0.2, 0.25) is 0 Å². The average Bonchev–Trinajstić information content (AvgIpc) is 2.81. The van der Waals surface area contributed by atoms with Gasteiger partial charge in [-0.15, -0.1) is 0 Å². The Morgan fingerprint density at radius 3 is 2.67 bits per heavy atom. The predicted molar refractivity (Wildman–Crippen MR) is 86.9 cm³/mol. The minimum atomic E-state index is -0.233. The van der Waals surface area contributed by atoms with Crippen LogP contribution in [-0.2, 0) is 25.9 Å². The van der Waals surface area contributed by atoms with Crippen molar-refractivity contribution in [3.8, 4) is 0 Å². The van der Waals surface area contributed by atoms with Crippen LogP contribution in [0.15, 0.2) is 22.7 Å². The van der Waals surface area contributed by atoms with Gasteiger partial charge in [0.25, 0.3) is 0 Å². The van der Waals surface area contributed by atoms with Crippen molar-refractivity contribution in [3.05, 3.63) is 51.0 Å². The lowest BCUT2D eigenvalue weighted by Crippen LogP contribution is -2.11. The van der Waals surface area contributed by atoms with Crippen LogP contribution in [0.5, 0.6) is 0 Å². The number of aromatic nitrogens is 2. The molecule has 1 aromatic carbocycles. The zero-order valence-electron chi connectivity index (χ0n) is 12.7. The molecule has 0 fully saturated rings. The molecule has 1 heterocycles. The Bertz CT molecular complexity index is 622. The van der Waals surface area contributed by atoms with Crippen LogP contribution in [0.3, 0.4) is 0 Å². The summed E-state index contributed by atoms with van der Waals surface area (Å²) in [4.78, 5) is 0. The molecule has 1 N–H and O–H groups in total. The van der Waals surface area contributed by atoms with Crippen LogP contribution < -0.4 is 5.32 Å². The minimum absolute atomic E-state index is 0.233. The van der Waals surface area contributed by atoms with E-state index in [4.69, 9.17) is 5.10 Å².